The Balaban J connectivity index is 1.55. The van der Waals surface area contributed by atoms with Gasteiger partial charge in [0.05, 0.1) is 17.6 Å². The molecule has 3 aromatic rings. The average molecular weight is 438 g/mol. The third-order valence-corrected chi connectivity index (χ3v) is 5.85. The number of fused-ring (bicyclic) bond motifs is 1. The fraction of sp³-hybridized carbons (Fsp3) is 0.435. The monoisotopic (exact) mass is 437 g/mol. The molecule has 0 aliphatic carbocycles. The first-order chi connectivity index (χ1) is 15.0. The molecule has 0 atom stereocenters. The number of aryl methyl sites for hydroxylation is 1. The van der Waals surface area contributed by atoms with Gasteiger partial charge in [0.25, 0.3) is 0 Å². The molecule has 0 amide bonds. The molecule has 1 aliphatic heterocycles. The van der Waals surface area contributed by atoms with E-state index in [1.54, 1.807) is 6.33 Å². The van der Waals surface area contributed by atoms with E-state index in [0.717, 1.165) is 78.0 Å². The van der Waals surface area contributed by atoms with Crippen molar-refractivity contribution in [2.45, 2.75) is 20.3 Å². The number of nitrogens with zero attached hydrogens (tertiary/aromatic N) is 6. The lowest BCUT2D eigenvalue weighted by molar-refractivity contribution is 0.464. The van der Waals surface area contributed by atoms with Crippen LogP contribution in [0.4, 0.5) is 11.5 Å². The van der Waals surface area contributed by atoms with Crippen molar-refractivity contribution in [3.8, 4) is 11.8 Å². The van der Waals surface area contributed by atoms with E-state index in [-0.39, 0.29) is 0 Å². The van der Waals surface area contributed by atoms with Crippen molar-refractivity contribution in [3.63, 3.8) is 0 Å². The Morgan fingerprint density at radius 1 is 1.13 bits per heavy atom. The second kappa shape index (κ2) is 9.13. The number of benzene rings is 1. The van der Waals surface area contributed by atoms with Crippen molar-refractivity contribution in [1.29, 1.82) is 0 Å². The highest BCUT2D eigenvalue weighted by atomic mass is 35.5. The first kappa shape index (κ1) is 21.4. The summed E-state index contributed by atoms with van der Waals surface area (Å²) in [5.74, 6) is 7.48. The van der Waals surface area contributed by atoms with Crippen LogP contribution in [-0.2, 0) is 6.42 Å². The van der Waals surface area contributed by atoms with Gasteiger partial charge in [-0.3, -0.25) is 10.00 Å². The summed E-state index contributed by atoms with van der Waals surface area (Å²) in [5, 5.41) is 9.19. The minimum absolute atomic E-state index is 0.723. The number of hydrogen-bond acceptors (Lipinski definition) is 6. The lowest BCUT2D eigenvalue weighted by Crippen LogP contribution is -2.47. The molecule has 0 spiro atoms. The molecular weight excluding hydrogens is 410 g/mol. The fourth-order valence-electron chi connectivity index (χ4n) is 3.97. The van der Waals surface area contributed by atoms with Crippen LogP contribution in [0.5, 0.6) is 0 Å². The molecule has 3 heterocycles. The van der Waals surface area contributed by atoms with Crippen LogP contribution >= 0.6 is 11.6 Å². The van der Waals surface area contributed by atoms with Gasteiger partial charge in [-0.2, -0.15) is 5.10 Å². The van der Waals surface area contributed by atoms with E-state index in [1.807, 2.05) is 20.2 Å². The summed E-state index contributed by atoms with van der Waals surface area (Å²) in [7, 11) is 4.03. The fourth-order valence-corrected chi connectivity index (χ4v) is 4.19. The normalized spacial score (nSPS) is 14.3. The Kier molecular flexibility index (Phi) is 6.30. The van der Waals surface area contributed by atoms with E-state index < -0.39 is 0 Å². The molecule has 1 fully saturated rings. The number of rotatable bonds is 4. The van der Waals surface area contributed by atoms with Crippen molar-refractivity contribution in [2.75, 3.05) is 56.6 Å². The molecule has 2 aromatic heterocycles. The topological polar surface area (TPSA) is 64.2 Å². The van der Waals surface area contributed by atoms with E-state index in [2.05, 4.69) is 66.6 Å². The standard InChI is InChI=1S/C23H28ClN7/c1-5-19-21-22(28-27-19)25-15-26-23(21)31-11-9-30(10-12-31)20-14-18(24)13-17(16(20)2)7-6-8-29(3)4/h13-15H,5,8-12H2,1-4H3,(H,25,26,27,28). The summed E-state index contributed by atoms with van der Waals surface area (Å²) in [4.78, 5) is 15.7. The lowest BCUT2D eigenvalue weighted by Gasteiger charge is -2.37. The van der Waals surface area contributed by atoms with Gasteiger partial charge in [0, 0.05) is 42.5 Å². The minimum atomic E-state index is 0.723. The van der Waals surface area contributed by atoms with Crippen LogP contribution in [0.2, 0.25) is 5.02 Å². The highest BCUT2D eigenvalue weighted by Crippen LogP contribution is 2.31. The van der Waals surface area contributed by atoms with Crippen LogP contribution in [-0.4, -0.2) is 71.9 Å². The quantitative estimate of drug-likeness (QED) is 0.633. The summed E-state index contributed by atoms with van der Waals surface area (Å²) in [5.41, 5.74) is 5.15. The van der Waals surface area contributed by atoms with Crippen LogP contribution in [0, 0.1) is 18.8 Å². The molecule has 4 rings (SSSR count). The number of aromatic nitrogens is 4. The largest absolute Gasteiger partial charge is 0.368 e. The molecule has 1 N–H and O–H groups in total. The molecular formula is C23H28ClN7. The SMILES string of the molecule is CCc1n[nH]c2ncnc(N3CCN(c4cc(Cl)cc(C#CCN(C)C)c4C)CC3)c12. The number of aromatic amines is 1. The van der Waals surface area contributed by atoms with Crippen molar-refractivity contribution in [2.24, 2.45) is 0 Å². The molecule has 0 radical (unpaired) electrons. The molecule has 0 saturated carbocycles. The number of piperazine rings is 1. The van der Waals surface area contributed by atoms with Crippen LogP contribution in [0.1, 0.15) is 23.7 Å². The van der Waals surface area contributed by atoms with Gasteiger partial charge in [-0.25, -0.2) is 9.97 Å². The zero-order chi connectivity index (χ0) is 22.0. The Hall–Kier alpha value is -2.82. The van der Waals surface area contributed by atoms with E-state index >= 15 is 0 Å². The van der Waals surface area contributed by atoms with Gasteiger partial charge in [-0.15, -0.1) is 0 Å². The third kappa shape index (κ3) is 4.46. The number of nitrogens with one attached hydrogen (secondary N) is 1. The van der Waals surface area contributed by atoms with Crippen LogP contribution in [0.25, 0.3) is 11.0 Å². The lowest BCUT2D eigenvalue weighted by atomic mass is 10.1. The molecule has 162 valence electrons. The summed E-state index contributed by atoms with van der Waals surface area (Å²) in [6.07, 6.45) is 2.46. The van der Waals surface area contributed by atoms with Crippen LogP contribution < -0.4 is 9.80 Å². The molecule has 1 aliphatic rings. The van der Waals surface area contributed by atoms with Gasteiger partial charge >= 0.3 is 0 Å². The Morgan fingerprint density at radius 2 is 1.87 bits per heavy atom. The third-order valence-electron chi connectivity index (χ3n) is 5.63. The molecule has 1 saturated heterocycles. The zero-order valence-electron chi connectivity index (χ0n) is 18.5. The maximum atomic E-state index is 6.45. The Morgan fingerprint density at radius 3 is 2.58 bits per heavy atom. The van der Waals surface area contributed by atoms with Crippen LogP contribution in [0.3, 0.4) is 0 Å². The predicted octanol–water partition coefficient (Wildman–Crippen LogP) is 3.12. The van der Waals surface area contributed by atoms with Crippen LogP contribution in [0.15, 0.2) is 18.5 Å². The number of halogens is 1. The number of H-pyrrole nitrogens is 1. The van der Waals surface area contributed by atoms with Gasteiger partial charge in [0.1, 0.15) is 12.1 Å². The molecule has 8 heteroatoms. The molecule has 0 bridgehead atoms. The van der Waals surface area contributed by atoms with E-state index in [0.29, 0.717) is 0 Å². The molecule has 1 aromatic carbocycles. The van der Waals surface area contributed by atoms with Gasteiger partial charge in [0.2, 0.25) is 0 Å². The zero-order valence-corrected chi connectivity index (χ0v) is 19.3. The van der Waals surface area contributed by atoms with E-state index in [4.69, 9.17) is 11.6 Å². The van der Waals surface area contributed by atoms with E-state index in [1.165, 1.54) is 5.56 Å². The first-order valence-corrected chi connectivity index (χ1v) is 11.0. The molecule has 0 unspecified atom stereocenters. The number of anilines is 2. The van der Waals surface area contributed by atoms with Crippen molar-refractivity contribution < 1.29 is 0 Å². The highest BCUT2D eigenvalue weighted by molar-refractivity contribution is 6.31. The Labute approximate surface area is 188 Å². The molecule has 7 nitrogen and oxygen atoms in total. The first-order valence-electron chi connectivity index (χ1n) is 10.6. The van der Waals surface area contributed by atoms with Gasteiger partial charge in [-0.1, -0.05) is 30.4 Å². The smallest absolute Gasteiger partial charge is 0.160 e. The maximum Gasteiger partial charge on any atom is 0.160 e. The van der Waals surface area contributed by atoms with Gasteiger partial charge in [-0.05, 0) is 45.1 Å². The summed E-state index contributed by atoms with van der Waals surface area (Å²) < 4.78 is 0. The second-order valence-electron chi connectivity index (χ2n) is 8.06. The predicted molar refractivity (Wildman–Crippen MR) is 127 cm³/mol. The van der Waals surface area contributed by atoms with Crippen molar-refractivity contribution >= 4 is 34.1 Å². The summed E-state index contributed by atoms with van der Waals surface area (Å²) >= 11 is 6.45. The average Bonchev–Trinajstić information content (AvgIpc) is 3.19. The number of hydrogen-bond donors (Lipinski definition) is 1. The summed E-state index contributed by atoms with van der Waals surface area (Å²) in [6.45, 7) is 8.46. The summed E-state index contributed by atoms with van der Waals surface area (Å²) in [6, 6.07) is 4.01. The second-order valence-corrected chi connectivity index (χ2v) is 8.49. The maximum absolute atomic E-state index is 6.45. The molecule has 31 heavy (non-hydrogen) atoms. The van der Waals surface area contributed by atoms with Crippen molar-refractivity contribution in [1.82, 2.24) is 25.1 Å². The highest BCUT2D eigenvalue weighted by Gasteiger charge is 2.23. The van der Waals surface area contributed by atoms with E-state index in [9.17, 15) is 0 Å². The van der Waals surface area contributed by atoms with Gasteiger partial charge in [0.15, 0.2) is 5.65 Å². The van der Waals surface area contributed by atoms with Gasteiger partial charge < -0.3 is 9.80 Å². The van der Waals surface area contributed by atoms with Crippen molar-refractivity contribution in [3.05, 3.63) is 40.3 Å². The Bertz CT molecular complexity index is 1130. The minimum Gasteiger partial charge on any atom is -0.368 e.